The SMILES string of the molecule is C#Cc1ccc(C2=N[C@@H](CC(=O)C(C)(C)C)c3onc(C)c3-c3ccccc32)cc1.Cc1cccc2c1C(c1ccc(F)cc1)=N[C@@H](CC(=O)C(C)(C)C)c1onc(C)c1-2.Cc1noc2c1-c1ccccc1C(c1ccc(Cl)cc1)=N[C@H]2CC(=O)C(C)(C)C.Cc1noc2c1-c1ccccc1C(c1ccc(F)cc1)=N[C@H]2CC(=O)C(C)(C)C.[C-]#[N+]c1ccc(C2=N[C@@H](CC(=O)C(C)(C)C)c3onc(C)c3-c3ccccc32)cc1. The highest BCUT2D eigenvalue weighted by Crippen LogP contribution is 2.50. The molecule has 148 heavy (non-hydrogen) atoms. The fraction of sp³-hybridized carbons (Fsp3) is 0.290. The van der Waals surface area contributed by atoms with Crippen LogP contribution in [0.25, 0.3) is 60.5 Å². The number of terminal acetylenes is 1. The van der Waals surface area contributed by atoms with Gasteiger partial charge in [0.25, 0.3) is 0 Å². The van der Waals surface area contributed by atoms with Gasteiger partial charge in [0.15, 0.2) is 34.5 Å². The van der Waals surface area contributed by atoms with Crippen molar-refractivity contribution in [2.45, 2.75) is 208 Å². The average Bonchev–Trinajstić information content (AvgIpc) is 1.61. The Balaban J connectivity index is 0.000000132. The maximum absolute atomic E-state index is 13.6. The minimum atomic E-state index is -0.500. The Morgan fingerprint density at radius 2 is 0.527 bits per heavy atom. The first-order chi connectivity index (χ1) is 70.3. The molecule has 10 aromatic carbocycles. The molecular weight excluding hydrogens is 1880 g/mol. The van der Waals surface area contributed by atoms with Crippen molar-refractivity contribution in [2.75, 3.05) is 0 Å². The van der Waals surface area contributed by atoms with E-state index >= 15 is 0 Å². The van der Waals surface area contributed by atoms with Crippen LogP contribution < -0.4 is 0 Å². The van der Waals surface area contributed by atoms with Crippen molar-refractivity contribution in [1.82, 2.24) is 25.8 Å². The molecule has 5 aromatic heterocycles. The number of Topliss-reactive ketones (excluding diaryl/α,β-unsaturated/α-hetero) is 5. The number of carbonyl (C=O) groups is 5. The average molecular weight is 2000 g/mol. The largest absolute Gasteiger partial charge is 0.358 e. The third-order valence-electron chi connectivity index (χ3n) is 27.0. The summed E-state index contributed by atoms with van der Waals surface area (Å²) in [5, 5.41) is 21.6. The van der Waals surface area contributed by atoms with Gasteiger partial charge >= 0.3 is 0 Å². The molecule has 5 aliphatic heterocycles. The lowest BCUT2D eigenvalue weighted by Gasteiger charge is -2.19. The number of benzene rings is 10. The van der Waals surface area contributed by atoms with Crippen molar-refractivity contribution in [3.63, 3.8) is 0 Å². The molecule has 10 heterocycles. The molecule has 0 unspecified atom stereocenters. The van der Waals surface area contributed by atoms with E-state index in [9.17, 15) is 32.8 Å². The predicted octanol–water partition coefficient (Wildman–Crippen LogP) is 29.5. The van der Waals surface area contributed by atoms with Gasteiger partial charge in [0, 0.05) is 120 Å². The zero-order chi connectivity index (χ0) is 106. The molecule has 0 spiro atoms. The summed E-state index contributed by atoms with van der Waals surface area (Å²) in [7, 11) is 0. The van der Waals surface area contributed by atoms with Gasteiger partial charge in [-0.25, -0.2) is 13.6 Å². The lowest BCUT2D eigenvalue weighted by molar-refractivity contribution is -0.127. The standard InChI is InChI=1S/C26H24N2O2.C25H25FN2O2.C25H23N3O2.C24H23ClN2O2.C24H23FN2O2/c1-6-17-11-13-18(14-12-17)24-20-10-8-7-9-19(20)23-16(2)28-30-25(23)21(27-24)15-22(29)26(3,4)5;1-14-7-6-8-18-21(14)23(16-9-11-17(26)12-10-16)27-19(13-20(29)25(3,4)5)24-22(18)15(2)28-30-24;1-15-22-18-8-6-7-9-19(18)23(16-10-12-17(26-5)13-11-16)27-20(24(22)30-28-15)14-21(29)25(2,3)4;2*1-14-21-17-7-5-6-8-18(17)22(15-9-11-16(25)12-10-15)26-19(23(21)29-27-14)13-20(28)24(2,3)4/h1,7-14,21H,15H2,2-5H3;6-12,19H,13H2,1-5H3;6-13,20H,14H2,1-4H3;2*5-12,19H,13H2,1-4H3/t21-;19-;20-;2*19-/m00000/s1. The Morgan fingerprint density at radius 1 is 0.304 bits per heavy atom. The van der Waals surface area contributed by atoms with Crippen LogP contribution in [0.4, 0.5) is 14.5 Å². The van der Waals surface area contributed by atoms with E-state index in [1.54, 1.807) is 36.4 Å². The highest BCUT2D eigenvalue weighted by Gasteiger charge is 2.42. The van der Waals surface area contributed by atoms with Crippen molar-refractivity contribution in [1.29, 1.82) is 0 Å². The maximum atomic E-state index is 13.6. The maximum Gasteiger partial charge on any atom is 0.187 e. The minimum absolute atomic E-state index is 0.0932. The number of carbonyl (C=O) groups excluding carboxylic acids is 5. The lowest BCUT2D eigenvalue weighted by atomic mass is 9.86. The third-order valence-corrected chi connectivity index (χ3v) is 27.2. The number of aromatic nitrogens is 5. The molecule has 0 fully saturated rings. The second kappa shape index (κ2) is 42.7. The summed E-state index contributed by atoms with van der Waals surface area (Å²) < 4.78 is 55.7. The number of aryl methyl sites for hydroxylation is 6. The first-order valence-corrected chi connectivity index (χ1v) is 49.8. The van der Waals surface area contributed by atoms with Crippen LogP contribution >= 0.6 is 11.6 Å². The van der Waals surface area contributed by atoms with Crippen molar-refractivity contribution < 1.29 is 55.4 Å². The summed E-state index contributed by atoms with van der Waals surface area (Å²) in [6.45, 7) is 47.5. The topological polar surface area (TPSA) is 282 Å². The van der Waals surface area contributed by atoms with Crippen molar-refractivity contribution in [3.05, 3.63) is 389 Å². The molecule has 750 valence electrons. The van der Waals surface area contributed by atoms with Gasteiger partial charge in [-0.05, 0) is 153 Å². The van der Waals surface area contributed by atoms with Crippen LogP contribution in [0.5, 0.6) is 0 Å². The fourth-order valence-electron chi connectivity index (χ4n) is 18.4. The summed E-state index contributed by atoms with van der Waals surface area (Å²) in [6, 6.07) is 71.2. The van der Waals surface area contributed by atoms with Gasteiger partial charge < -0.3 is 22.6 Å². The number of hydrogen-bond donors (Lipinski definition) is 0. The van der Waals surface area contributed by atoms with Gasteiger partial charge in [-0.15, -0.1) is 6.42 Å². The van der Waals surface area contributed by atoms with E-state index in [2.05, 4.69) is 48.7 Å². The quantitative estimate of drug-likeness (QED) is 0.0681. The molecule has 0 amide bonds. The van der Waals surface area contributed by atoms with Gasteiger partial charge in [0.05, 0.1) is 91.4 Å². The molecule has 20 rings (SSSR count). The van der Waals surface area contributed by atoms with Crippen LogP contribution in [-0.2, 0) is 24.0 Å². The van der Waals surface area contributed by atoms with E-state index < -0.39 is 57.3 Å². The van der Waals surface area contributed by atoms with E-state index in [1.807, 2.05) is 309 Å². The summed E-state index contributed by atoms with van der Waals surface area (Å²) >= 11 is 6.10. The second-order valence-electron chi connectivity index (χ2n) is 43.0. The van der Waals surface area contributed by atoms with Crippen LogP contribution in [0, 0.1) is 99.2 Å². The van der Waals surface area contributed by atoms with Crippen LogP contribution in [0.3, 0.4) is 0 Å². The first-order valence-electron chi connectivity index (χ1n) is 49.4. The zero-order valence-electron chi connectivity index (χ0n) is 87.2. The molecule has 0 radical (unpaired) electrons. The monoisotopic (exact) mass is 1990 g/mol. The highest BCUT2D eigenvalue weighted by molar-refractivity contribution is 6.31. The number of hydrogen-bond acceptors (Lipinski definition) is 20. The van der Waals surface area contributed by atoms with Crippen LogP contribution in [0.15, 0.2) is 284 Å². The summed E-state index contributed by atoms with van der Waals surface area (Å²) in [5.41, 5.74) is 26.6. The molecule has 5 atom stereocenters. The van der Waals surface area contributed by atoms with E-state index in [0.717, 1.165) is 179 Å². The first kappa shape index (κ1) is 105. The van der Waals surface area contributed by atoms with Crippen LogP contribution in [0.1, 0.15) is 290 Å². The normalized spacial score (nSPS) is 15.7. The Morgan fingerprint density at radius 3 is 0.784 bits per heavy atom. The van der Waals surface area contributed by atoms with E-state index in [4.69, 9.17) is 72.2 Å². The van der Waals surface area contributed by atoms with E-state index in [0.29, 0.717) is 39.5 Å². The van der Waals surface area contributed by atoms with Crippen LogP contribution in [-0.4, -0.2) is 83.3 Å². The third kappa shape index (κ3) is 22.4. The zero-order valence-corrected chi connectivity index (χ0v) is 87.9. The molecule has 15 aromatic rings. The lowest BCUT2D eigenvalue weighted by Crippen LogP contribution is -2.22. The van der Waals surface area contributed by atoms with Crippen LogP contribution in [0.2, 0.25) is 5.02 Å². The van der Waals surface area contributed by atoms with E-state index in [-0.39, 0.29) is 72.7 Å². The Bertz CT molecular complexity index is 7520. The number of fused-ring (bicyclic) bond motifs is 15. The fourth-order valence-corrected chi connectivity index (χ4v) is 18.6. The summed E-state index contributed by atoms with van der Waals surface area (Å²) in [6.07, 6.45) is 6.70. The number of nitrogens with zero attached hydrogens (tertiary/aromatic N) is 11. The van der Waals surface area contributed by atoms with Gasteiger partial charge in [0.1, 0.15) is 70.8 Å². The van der Waals surface area contributed by atoms with Crippen molar-refractivity contribution in [2.24, 2.45) is 52.0 Å². The molecule has 0 aliphatic carbocycles. The summed E-state index contributed by atoms with van der Waals surface area (Å²) in [4.78, 5) is 93.0. The number of aliphatic imine (C=N–C) groups is 5. The summed E-state index contributed by atoms with van der Waals surface area (Å²) in [5.74, 6) is 5.74. The Hall–Kier alpha value is -15.9. The van der Waals surface area contributed by atoms with Crippen molar-refractivity contribution in [3.8, 4) is 68.0 Å². The van der Waals surface area contributed by atoms with Gasteiger partial charge in [0.2, 0.25) is 0 Å². The number of halogens is 3. The molecular formula is C124H118ClF2N11O10. The highest BCUT2D eigenvalue weighted by atomic mass is 35.5. The predicted molar refractivity (Wildman–Crippen MR) is 577 cm³/mol. The van der Waals surface area contributed by atoms with Crippen molar-refractivity contribution >= 4 is 74.8 Å². The van der Waals surface area contributed by atoms with E-state index in [1.165, 1.54) is 24.3 Å². The molecule has 0 saturated carbocycles. The molecule has 21 nitrogen and oxygen atoms in total. The molecule has 0 saturated heterocycles. The number of ketones is 5. The number of rotatable bonds is 15. The second-order valence-corrected chi connectivity index (χ2v) is 43.4. The molecule has 0 N–H and O–H groups in total. The molecule has 24 heteroatoms. The minimum Gasteiger partial charge on any atom is -0.358 e. The molecule has 5 aliphatic rings. The smallest absolute Gasteiger partial charge is 0.187 e. The van der Waals surface area contributed by atoms with Gasteiger partial charge in [-0.1, -0.05) is 311 Å². The van der Waals surface area contributed by atoms with Gasteiger partial charge in [-0.2, -0.15) is 0 Å². The Kier molecular flexibility index (Phi) is 30.3. The van der Waals surface area contributed by atoms with Gasteiger partial charge in [-0.3, -0.25) is 48.9 Å². The Labute approximate surface area is 866 Å². The molecule has 0 bridgehead atoms.